The first-order valence-corrected chi connectivity index (χ1v) is 14.4. The van der Waals surface area contributed by atoms with Crippen molar-refractivity contribution in [1.29, 1.82) is 0 Å². The highest BCUT2D eigenvalue weighted by atomic mass is 16.1. The Hall–Kier alpha value is -2.69. The maximum Gasteiger partial charge on any atom is 0.269 e. The predicted octanol–water partition coefficient (Wildman–Crippen LogP) is 7.89. The van der Waals surface area contributed by atoms with Gasteiger partial charge >= 0.3 is 0 Å². The van der Waals surface area contributed by atoms with Crippen LogP contribution in [0.3, 0.4) is 0 Å². The normalized spacial score (nSPS) is 11.2. The van der Waals surface area contributed by atoms with Gasteiger partial charge in [-0.15, -0.1) is 0 Å². The number of rotatable bonds is 19. The molecule has 0 fully saturated rings. The molecule has 2 heterocycles. The highest BCUT2D eigenvalue weighted by Crippen LogP contribution is 2.18. The van der Waals surface area contributed by atoms with Crippen molar-refractivity contribution in [3.05, 3.63) is 60.2 Å². The number of nitrogens with one attached hydrogen (secondary N) is 1. The van der Waals surface area contributed by atoms with Crippen molar-refractivity contribution in [2.75, 3.05) is 6.54 Å². The lowest BCUT2D eigenvalue weighted by Gasteiger charge is -2.10. The first-order valence-electron chi connectivity index (χ1n) is 14.4. The van der Waals surface area contributed by atoms with Crippen LogP contribution in [0.1, 0.15) is 113 Å². The molecule has 0 atom stereocenters. The number of benzene rings is 1. The SMILES string of the molecule is CCCCCCCCCCCCCCCCn1c(CCNC(=O)c2ccccn2)nc2ccccc21. The van der Waals surface area contributed by atoms with E-state index in [0.29, 0.717) is 18.7 Å². The van der Waals surface area contributed by atoms with Crippen LogP contribution in [0.5, 0.6) is 0 Å². The highest BCUT2D eigenvalue weighted by molar-refractivity contribution is 5.92. The summed E-state index contributed by atoms with van der Waals surface area (Å²) in [6.07, 6.45) is 21.5. The number of aryl methyl sites for hydroxylation is 1. The molecule has 0 spiro atoms. The minimum Gasteiger partial charge on any atom is -0.350 e. The molecule has 0 aliphatic rings. The molecule has 1 N–H and O–H groups in total. The molecule has 0 aliphatic heterocycles. The number of hydrogen-bond donors (Lipinski definition) is 1. The summed E-state index contributed by atoms with van der Waals surface area (Å²) in [7, 11) is 0. The van der Waals surface area contributed by atoms with E-state index in [1.54, 1.807) is 12.3 Å². The van der Waals surface area contributed by atoms with Crippen molar-refractivity contribution in [3.8, 4) is 0 Å². The fourth-order valence-electron chi connectivity index (χ4n) is 4.91. The van der Waals surface area contributed by atoms with Crippen LogP contribution in [0.25, 0.3) is 11.0 Å². The molecular formula is C31H46N4O. The number of para-hydroxylation sites is 2. The van der Waals surface area contributed by atoms with E-state index in [2.05, 4.69) is 40.0 Å². The summed E-state index contributed by atoms with van der Waals surface area (Å²) < 4.78 is 2.35. The largest absolute Gasteiger partial charge is 0.350 e. The third kappa shape index (κ3) is 9.75. The third-order valence-electron chi connectivity index (χ3n) is 7.00. The number of carbonyl (C=O) groups is 1. The van der Waals surface area contributed by atoms with E-state index >= 15 is 0 Å². The lowest BCUT2D eigenvalue weighted by Crippen LogP contribution is -2.27. The number of amides is 1. The second-order valence-corrected chi connectivity index (χ2v) is 9.99. The number of imidazole rings is 1. The zero-order chi connectivity index (χ0) is 25.3. The first kappa shape index (κ1) is 27.9. The number of pyridine rings is 1. The summed E-state index contributed by atoms with van der Waals surface area (Å²) >= 11 is 0. The van der Waals surface area contributed by atoms with Crippen LogP contribution >= 0.6 is 0 Å². The molecule has 0 unspecified atom stereocenters. The second kappa shape index (κ2) is 16.9. The summed E-state index contributed by atoms with van der Waals surface area (Å²) in [5, 5.41) is 2.98. The van der Waals surface area contributed by atoms with Gasteiger partial charge in [0.1, 0.15) is 11.5 Å². The fourth-order valence-corrected chi connectivity index (χ4v) is 4.91. The van der Waals surface area contributed by atoms with Crippen molar-refractivity contribution in [1.82, 2.24) is 19.9 Å². The molecule has 5 nitrogen and oxygen atoms in total. The van der Waals surface area contributed by atoms with E-state index in [0.717, 1.165) is 17.9 Å². The topological polar surface area (TPSA) is 59.8 Å². The standard InChI is InChI=1S/C31H46N4O/c1-2-3-4-5-6-7-8-9-10-11-12-13-14-19-26-35-29-22-16-15-20-27(29)34-30(35)23-25-33-31(36)28-21-17-18-24-32-28/h15-18,20-22,24H,2-14,19,23,25-26H2,1H3,(H,33,36). The average Bonchev–Trinajstić information content (AvgIpc) is 3.26. The highest BCUT2D eigenvalue weighted by Gasteiger charge is 2.11. The molecule has 0 saturated carbocycles. The summed E-state index contributed by atoms with van der Waals surface area (Å²) in [5.74, 6) is 0.914. The number of carbonyl (C=O) groups excluding carboxylic acids is 1. The molecule has 3 rings (SSSR count). The van der Waals surface area contributed by atoms with E-state index in [1.165, 1.54) is 95.4 Å². The Bertz CT molecular complexity index is 998. The monoisotopic (exact) mass is 490 g/mol. The molecule has 1 amide bonds. The molecule has 2 aromatic heterocycles. The first-order chi connectivity index (χ1) is 17.8. The van der Waals surface area contributed by atoms with E-state index in [1.807, 2.05) is 18.2 Å². The maximum absolute atomic E-state index is 12.3. The fraction of sp³-hybridized carbons (Fsp3) is 0.581. The van der Waals surface area contributed by atoms with Crippen LogP contribution < -0.4 is 5.32 Å². The van der Waals surface area contributed by atoms with Gasteiger partial charge in [-0.05, 0) is 30.7 Å². The van der Waals surface area contributed by atoms with Crippen LogP contribution in [0.4, 0.5) is 0 Å². The average molecular weight is 491 g/mol. The predicted molar refractivity (Wildman–Crippen MR) is 150 cm³/mol. The van der Waals surface area contributed by atoms with Crippen LogP contribution in [0.2, 0.25) is 0 Å². The Morgan fingerprint density at radius 3 is 2.03 bits per heavy atom. The van der Waals surface area contributed by atoms with Crippen molar-refractivity contribution in [2.24, 2.45) is 0 Å². The van der Waals surface area contributed by atoms with Gasteiger partial charge in [0.05, 0.1) is 11.0 Å². The minimum absolute atomic E-state index is 0.134. The Balaban J connectivity index is 1.32. The van der Waals surface area contributed by atoms with Gasteiger partial charge in [0.15, 0.2) is 0 Å². The maximum atomic E-state index is 12.3. The van der Waals surface area contributed by atoms with Gasteiger partial charge in [-0.2, -0.15) is 0 Å². The molecular weight excluding hydrogens is 444 g/mol. The van der Waals surface area contributed by atoms with Gasteiger partial charge in [-0.25, -0.2) is 4.98 Å². The van der Waals surface area contributed by atoms with Crippen LogP contribution in [0.15, 0.2) is 48.7 Å². The Morgan fingerprint density at radius 1 is 0.778 bits per heavy atom. The molecule has 5 heteroatoms. The Kier molecular flexibility index (Phi) is 13.1. The summed E-state index contributed by atoms with van der Waals surface area (Å²) in [5.41, 5.74) is 2.68. The molecule has 196 valence electrons. The summed E-state index contributed by atoms with van der Waals surface area (Å²) in [4.78, 5) is 21.3. The van der Waals surface area contributed by atoms with Crippen molar-refractivity contribution < 1.29 is 4.79 Å². The van der Waals surface area contributed by atoms with Gasteiger partial charge in [-0.1, -0.05) is 109 Å². The molecule has 0 aliphatic carbocycles. The Labute approximate surface area is 218 Å². The molecule has 0 bridgehead atoms. The van der Waals surface area contributed by atoms with Gasteiger partial charge in [0.25, 0.3) is 5.91 Å². The number of aromatic nitrogens is 3. The number of nitrogens with zero attached hydrogens (tertiary/aromatic N) is 3. The molecule has 36 heavy (non-hydrogen) atoms. The van der Waals surface area contributed by atoms with Crippen molar-refractivity contribution >= 4 is 16.9 Å². The number of unbranched alkanes of at least 4 members (excludes halogenated alkanes) is 13. The van der Waals surface area contributed by atoms with Crippen LogP contribution in [-0.4, -0.2) is 27.0 Å². The third-order valence-corrected chi connectivity index (χ3v) is 7.00. The lowest BCUT2D eigenvalue weighted by molar-refractivity contribution is 0.0949. The van der Waals surface area contributed by atoms with E-state index in [-0.39, 0.29) is 5.91 Å². The second-order valence-electron chi connectivity index (χ2n) is 9.99. The van der Waals surface area contributed by atoms with Gasteiger partial charge < -0.3 is 9.88 Å². The van der Waals surface area contributed by atoms with Gasteiger partial charge in [-0.3, -0.25) is 9.78 Å². The minimum atomic E-state index is -0.134. The number of hydrogen-bond acceptors (Lipinski definition) is 3. The smallest absolute Gasteiger partial charge is 0.269 e. The van der Waals surface area contributed by atoms with Crippen molar-refractivity contribution in [2.45, 2.75) is 110 Å². The number of fused-ring (bicyclic) bond motifs is 1. The van der Waals surface area contributed by atoms with Crippen molar-refractivity contribution in [3.63, 3.8) is 0 Å². The molecule has 1 aromatic carbocycles. The Morgan fingerprint density at radius 2 is 1.39 bits per heavy atom. The van der Waals surface area contributed by atoms with Crippen LogP contribution in [0, 0.1) is 0 Å². The zero-order valence-electron chi connectivity index (χ0n) is 22.4. The molecule has 3 aromatic rings. The van der Waals surface area contributed by atoms with Gasteiger partial charge in [0, 0.05) is 25.7 Å². The van der Waals surface area contributed by atoms with Gasteiger partial charge in [0.2, 0.25) is 0 Å². The molecule has 0 saturated heterocycles. The zero-order valence-corrected chi connectivity index (χ0v) is 22.4. The van der Waals surface area contributed by atoms with E-state index in [9.17, 15) is 4.79 Å². The summed E-state index contributed by atoms with van der Waals surface area (Å²) in [6, 6.07) is 13.7. The van der Waals surface area contributed by atoms with E-state index < -0.39 is 0 Å². The molecule has 0 radical (unpaired) electrons. The van der Waals surface area contributed by atoms with E-state index in [4.69, 9.17) is 4.98 Å². The quantitative estimate of drug-likeness (QED) is 0.174. The van der Waals surface area contributed by atoms with Crippen LogP contribution in [-0.2, 0) is 13.0 Å². The lowest BCUT2D eigenvalue weighted by atomic mass is 10.0. The summed E-state index contributed by atoms with van der Waals surface area (Å²) in [6.45, 7) is 3.83.